The van der Waals surface area contributed by atoms with Gasteiger partial charge in [-0.15, -0.1) is 0 Å². The van der Waals surface area contributed by atoms with Gasteiger partial charge in [0.25, 0.3) is 0 Å². The minimum atomic E-state index is -1.51. The van der Waals surface area contributed by atoms with Gasteiger partial charge in [0, 0.05) is 127 Å². The van der Waals surface area contributed by atoms with Crippen LogP contribution in [0.25, 0.3) is 227 Å². The molecule has 0 aliphatic heterocycles. The highest BCUT2D eigenvalue weighted by Gasteiger charge is 2.25. The van der Waals surface area contributed by atoms with Gasteiger partial charge in [-0.3, -0.25) is 13.7 Å². The molecule has 0 amide bonds. The number of halogens is 1. The Balaban J connectivity index is 0.000000102. The van der Waals surface area contributed by atoms with Crippen LogP contribution in [0, 0.1) is 0 Å². The maximum absolute atomic E-state index is 9.68. The minimum absolute atomic E-state index is 0.467. The third-order valence-electron chi connectivity index (χ3n) is 24.8. The number of rotatable bonds is 10. The molecule has 10 heterocycles. The second-order valence-corrected chi connectivity index (χ2v) is 33.4. The van der Waals surface area contributed by atoms with E-state index in [0.717, 1.165) is 187 Å². The van der Waals surface area contributed by atoms with Crippen molar-refractivity contribution in [1.29, 1.82) is 0 Å². The van der Waals surface area contributed by atoms with Gasteiger partial charge in [0.05, 0.1) is 72.2 Å². The number of hydrogen-bond donors (Lipinski definition) is 2. The first-order valence-corrected chi connectivity index (χ1v) is 44.1. The Morgan fingerprint density at radius 3 is 0.908 bits per heavy atom. The van der Waals surface area contributed by atoms with Crippen LogP contribution in [0.1, 0.15) is 0 Å². The summed E-state index contributed by atoms with van der Waals surface area (Å²) < 4.78 is 24.6. The zero-order valence-electron chi connectivity index (χ0n) is 70.1. The van der Waals surface area contributed by atoms with Crippen LogP contribution in [0.15, 0.2) is 444 Å². The molecule has 0 spiro atoms. The summed E-state index contributed by atoms with van der Waals surface area (Å²) in [4.78, 5) is 28.6. The molecule has 10 aromatic heterocycles. The van der Waals surface area contributed by atoms with E-state index in [1.54, 1.807) is 6.07 Å². The smallest absolute Gasteiger partial charge is 0.456 e. The Bertz CT molecular complexity index is 9070. The Morgan fingerprint density at radius 1 is 0.214 bits per heavy atom. The van der Waals surface area contributed by atoms with Crippen molar-refractivity contribution in [2.24, 2.45) is 0 Å². The molecule has 0 saturated heterocycles. The fourth-order valence-corrected chi connectivity index (χ4v) is 19.2. The molecule has 2 N–H and O–H groups in total. The van der Waals surface area contributed by atoms with Gasteiger partial charge in [-0.2, -0.15) is 0 Å². The van der Waals surface area contributed by atoms with E-state index >= 15 is 0 Å². The monoisotopic (exact) mass is 1750 g/mol. The molecule has 0 aliphatic carbocycles. The second-order valence-electron chi connectivity index (χ2n) is 32.4. The van der Waals surface area contributed by atoms with Crippen molar-refractivity contribution in [3.05, 3.63) is 436 Å². The zero-order valence-corrected chi connectivity index (χ0v) is 71.7. The topological polar surface area (TPSA) is 169 Å². The number of nitrogens with zero attached hydrogens (tertiary/aromatic N) is 11. The molecule has 0 fully saturated rings. The number of furan rings is 2. The first-order chi connectivity index (χ1) is 64.7. The number of benzene rings is 17. The highest BCUT2D eigenvalue weighted by molar-refractivity contribution is 9.10. The summed E-state index contributed by atoms with van der Waals surface area (Å²) in [6.07, 6.45) is 5.50. The Hall–Kier alpha value is -17.0. The molecule has 131 heavy (non-hydrogen) atoms. The van der Waals surface area contributed by atoms with Crippen molar-refractivity contribution in [3.8, 4) is 74.1 Å². The summed E-state index contributed by atoms with van der Waals surface area (Å²) in [5.41, 5.74) is 25.4. The molecule has 618 valence electrons. The van der Waals surface area contributed by atoms with Crippen LogP contribution in [0.4, 0.5) is 0 Å². The standard InChI is InChI=1S/C46H28N4O.C24H16BNO3.C22H14BrN3.C22H15N3/c1-3-11-29(12-4-1)39-23-24-47-46(48-39)50-40-17-9-7-15-33(40)35-25-30(20-22-42(35)50)31-19-21-41-36(26-31)37-28-45-38(34-16-8-10-18-44(34)51-45)27-43(37)49(41)32-13-5-2-6-14-32;27-25(28)15-10-11-21-18(12-15)19-14-24-20(17-8-4-5-9-23(17)29-24)13-22(19)26(21)16-6-2-1-3-7-16;23-16-10-11-21-18(14-16)17-8-4-5-9-20(17)26(21)22-24-13-12-19(25-22)15-6-2-1-3-7-15;1-2-8-16(9-3-1)19-14-15-23-22(24-19)25-20-12-6-4-10-17(20)18-11-5-7-13-21(18)25/h1-28H;1-14,27-28H;1-14H;1-15H. The lowest BCUT2D eigenvalue weighted by atomic mass is 9.80. The number of fused-ring (bicyclic) bond motifs is 21. The van der Waals surface area contributed by atoms with Crippen LogP contribution in [0.2, 0.25) is 0 Å². The van der Waals surface area contributed by atoms with Gasteiger partial charge in [0.2, 0.25) is 17.8 Å². The van der Waals surface area contributed by atoms with Gasteiger partial charge < -0.3 is 28.0 Å². The summed E-state index contributed by atoms with van der Waals surface area (Å²) in [5.74, 6) is 2.03. The molecular formula is C114H73BBrN11O4. The van der Waals surface area contributed by atoms with Crippen LogP contribution >= 0.6 is 15.9 Å². The van der Waals surface area contributed by atoms with Gasteiger partial charge in [-0.25, -0.2) is 29.9 Å². The van der Waals surface area contributed by atoms with Crippen molar-refractivity contribution < 1.29 is 18.9 Å². The lowest BCUT2D eigenvalue weighted by Crippen LogP contribution is -2.29. The highest BCUT2D eigenvalue weighted by atomic mass is 79.9. The third-order valence-corrected chi connectivity index (χ3v) is 25.3. The fourth-order valence-electron chi connectivity index (χ4n) is 18.9. The Kier molecular flexibility index (Phi) is 19.2. The van der Waals surface area contributed by atoms with Gasteiger partial charge in [-0.05, 0) is 168 Å². The van der Waals surface area contributed by atoms with E-state index in [2.05, 4.69) is 316 Å². The summed E-state index contributed by atoms with van der Waals surface area (Å²) in [5, 5.41) is 35.2. The predicted molar refractivity (Wildman–Crippen MR) is 538 cm³/mol. The SMILES string of the molecule is Brc1ccc2c(c1)c1ccccc1n2-c1nccc(-c2ccccc2)n1.OB(O)c1ccc2c(c1)c1cc3oc4ccccc4c3cc1n2-c1ccccc1.c1ccc(-c2ccnc(-n3c4ccccc4c4cc(-c5ccc6c(c5)c5cc7oc8ccccc8c7cc5n6-c5ccccc5)ccc43)n2)cc1.c1ccc(-c2ccnc(-n3c4ccccc4c4ccccc43)n2)cc1. The average Bonchev–Trinajstić information content (AvgIpc) is 1.55. The maximum Gasteiger partial charge on any atom is 0.488 e. The molecule has 17 heteroatoms. The maximum atomic E-state index is 9.68. The molecule has 0 radical (unpaired) electrons. The van der Waals surface area contributed by atoms with Crippen LogP contribution in [0.5, 0.6) is 0 Å². The largest absolute Gasteiger partial charge is 0.488 e. The third kappa shape index (κ3) is 13.7. The van der Waals surface area contributed by atoms with Crippen molar-refractivity contribution in [3.63, 3.8) is 0 Å². The predicted octanol–water partition coefficient (Wildman–Crippen LogP) is 27.5. The van der Waals surface area contributed by atoms with Crippen molar-refractivity contribution >= 4 is 181 Å². The van der Waals surface area contributed by atoms with Crippen molar-refractivity contribution in [2.45, 2.75) is 0 Å². The lowest BCUT2D eigenvalue weighted by molar-refractivity contribution is 0.426. The molecular weight excluding hydrogens is 1680 g/mol. The van der Waals surface area contributed by atoms with Crippen LogP contribution < -0.4 is 5.46 Å². The Morgan fingerprint density at radius 2 is 0.511 bits per heavy atom. The van der Waals surface area contributed by atoms with E-state index < -0.39 is 7.12 Å². The first-order valence-electron chi connectivity index (χ1n) is 43.3. The van der Waals surface area contributed by atoms with E-state index in [1.165, 1.54) is 26.9 Å². The van der Waals surface area contributed by atoms with E-state index in [1.807, 2.05) is 158 Å². The molecule has 0 bridgehead atoms. The van der Waals surface area contributed by atoms with Gasteiger partial charge in [0.15, 0.2) is 0 Å². The normalized spacial score (nSPS) is 11.6. The molecule has 27 rings (SSSR count). The summed E-state index contributed by atoms with van der Waals surface area (Å²) in [6, 6.07) is 141. The van der Waals surface area contributed by atoms with Crippen molar-refractivity contribution in [1.82, 2.24) is 52.7 Å². The minimum Gasteiger partial charge on any atom is -0.456 e. The molecule has 17 aromatic carbocycles. The van der Waals surface area contributed by atoms with Crippen molar-refractivity contribution in [2.75, 3.05) is 0 Å². The summed E-state index contributed by atoms with van der Waals surface area (Å²) in [7, 11) is -1.51. The Labute approximate surface area is 757 Å². The van der Waals surface area contributed by atoms with Crippen LogP contribution in [0.3, 0.4) is 0 Å². The zero-order chi connectivity index (χ0) is 87.2. The van der Waals surface area contributed by atoms with Crippen LogP contribution in [-0.4, -0.2) is 69.9 Å². The molecule has 0 aliphatic rings. The number of para-hydroxylation sites is 8. The van der Waals surface area contributed by atoms with E-state index in [-0.39, 0.29) is 0 Å². The lowest BCUT2D eigenvalue weighted by Gasteiger charge is -2.09. The van der Waals surface area contributed by atoms with E-state index in [0.29, 0.717) is 23.3 Å². The molecule has 27 aromatic rings. The molecule has 0 saturated carbocycles. The quantitative estimate of drug-likeness (QED) is 0.126. The summed E-state index contributed by atoms with van der Waals surface area (Å²) >= 11 is 3.59. The van der Waals surface area contributed by atoms with Gasteiger partial charge in [0.1, 0.15) is 22.3 Å². The fraction of sp³-hybridized carbons (Fsp3) is 0. The average molecular weight is 1750 g/mol. The van der Waals surface area contributed by atoms with Gasteiger partial charge >= 0.3 is 7.12 Å². The molecule has 15 nitrogen and oxygen atoms in total. The number of hydrogen-bond acceptors (Lipinski definition) is 10. The number of aromatic nitrogens is 11. The second kappa shape index (κ2) is 32.5. The van der Waals surface area contributed by atoms with Crippen LogP contribution in [-0.2, 0) is 0 Å². The highest BCUT2D eigenvalue weighted by Crippen LogP contribution is 2.44. The molecule has 0 atom stereocenters. The van der Waals surface area contributed by atoms with E-state index in [4.69, 9.17) is 28.8 Å². The summed E-state index contributed by atoms with van der Waals surface area (Å²) in [6.45, 7) is 0. The first kappa shape index (κ1) is 77.6. The van der Waals surface area contributed by atoms with E-state index in [9.17, 15) is 10.0 Å². The molecule has 0 unspecified atom stereocenters. The van der Waals surface area contributed by atoms with Gasteiger partial charge in [-0.1, -0.05) is 277 Å².